The highest BCUT2D eigenvalue weighted by Crippen LogP contribution is 2.24. The van der Waals surface area contributed by atoms with E-state index < -0.39 is 0 Å². The van der Waals surface area contributed by atoms with Crippen molar-refractivity contribution in [3.8, 4) is 5.75 Å². The van der Waals surface area contributed by atoms with E-state index in [0.29, 0.717) is 11.8 Å². The largest absolute Gasteiger partial charge is 0.508 e. The Balaban J connectivity index is 2.15. The normalized spacial score (nSPS) is 21.7. The minimum atomic E-state index is 0.409. The number of ether oxygens (including phenoxy) is 1. The first-order valence-electron chi connectivity index (χ1n) is 6.19. The van der Waals surface area contributed by atoms with Gasteiger partial charge in [0.25, 0.3) is 0 Å². The Morgan fingerprint density at radius 3 is 2.76 bits per heavy atom. The molecule has 0 radical (unpaired) electrons. The smallest absolute Gasteiger partial charge is 0.120 e. The molecule has 1 aromatic rings. The molecule has 0 spiro atoms. The van der Waals surface area contributed by atoms with E-state index in [2.05, 4.69) is 24.8 Å². The maximum Gasteiger partial charge on any atom is 0.120 e. The van der Waals surface area contributed by atoms with E-state index in [-0.39, 0.29) is 0 Å². The summed E-state index contributed by atoms with van der Waals surface area (Å²) in [6, 6.07) is 4.37. The zero-order chi connectivity index (χ0) is 12.4. The van der Waals surface area contributed by atoms with Crippen molar-refractivity contribution in [2.24, 2.45) is 0 Å². The monoisotopic (exact) mass is 235 g/mol. The van der Waals surface area contributed by atoms with Crippen molar-refractivity contribution in [1.29, 1.82) is 0 Å². The fraction of sp³-hybridized carbons (Fsp3) is 0.571. The van der Waals surface area contributed by atoms with Gasteiger partial charge in [-0.1, -0.05) is 6.07 Å². The zero-order valence-electron chi connectivity index (χ0n) is 10.9. The van der Waals surface area contributed by atoms with Crippen LogP contribution in [0, 0.1) is 13.8 Å². The molecular formula is C14H21NO2. The summed E-state index contributed by atoms with van der Waals surface area (Å²) in [5.74, 6) is 0.409. The van der Waals surface area contributed by atoms with E-state index in [1.165, 1.54) is 5.56 Å². The van der Waals surface area contributed by atoms with E-state index in [9.17, 15) is 5.11 Å². The van der Waals surface area contributed by atoms with Crippen LogP contribution in [-0.2, 0) is 11.3 Å². The Labute approximate surface area is 103 Å². The lowest BCUT2D eigenvalue weighted by atomic mass is 10.0. The van der Waals surface area contributed by atoms with Crippen molar-refractivity contribution in [3.05, 3.63) is 28.8 Å². The number of phenols is 1. The van der Waals surface area contributed by atoms with Gasteiger partial charge in [0.05, 0.1) is 13.2 Å². The molecule has 3 heteroatoms. The van der Waals surface area contributed by atoms with Crippen molar-refractivity contribution >= 4 is 0 Å². The van der Waals surface area contributed by atoms with Gasteiger partial charge in [-0.3, -0.25) is 4.90 Å². The topological polar surface area (TPSA) is 32.7 Å². The molecule has 0 bridgehead atoms. The zero-order valence-corrected chi connectivity index (χ0v) is 10.9. The fourth-order valence-electron chi connectivity index (χ4n) is 2.20. The van der Waals surface area contributed by atoms with Gasteiger partial charge in [0.1, 0.15) is 5.75 Å². The summed E-state index contributed by atoms with van der Waals surface area (Å²) in [5, 5.41) is 9.97. The van der Waals surface area contributed by atoms with Crippen LogP contribution in [0.1, 0.15) is 23.6 Å². The molecule has 1 aromatic carbocycles. The van der Waals surface area contributed by atoms with Crippen LogP contribution >= 0.6 is 0 Å². The second-order valence-electron chi connectivity index (χ2n) is 4.96. The highest BCUT2D eigenvalue weighted by molar-refractivity contribution is 5.40. The number of morpholine rings is 1. The average Bonchev–Trinajstić information content (AvgIpc) is 2.29. The van der Waals surface area contributed by atoms with Gasteiger partial charge >= 0.3 is 0 Å². The molecule has 1 aliphatic heterocycles. The van der Waals surface area contributed by atoms with Gasteiger partial charge < -0.3 is 9.84 Å². The standard InChI is InChI=1S/C14H21NO2/c1-10-6-13(14(16)7-11(10)2)8-15-4-5-17-9-12(15)3/h6-7,12,16H,4-5,8-9H2,1-3H3. The van der Waals surface area contributed by atoms with Gasteiger partial charge in [-0.25, -0.2) is 0 Å². The molecule has 0 aromatic heterocycles. The first kappa shape index (κ1) is 12.4. The Kier molecular flexibility index (Phi) is 3.69. The Morgan fingerprint density at radius 2 is 2.06 bits per heavy atom. The lowest BCUT2D eigenvalue weighted by Crippen LogP contribution is -2.42. The highest BCUT2D eigenvalue weighted by atomic mass is 16.5. The molecule has 0 saturated carbocycles. The number of aromatic hydroxyl groups is 1. The third kappa shape index (κ3) is 2.79. The van der Waals surface area contributed by atoms with Crippen molar-refractivity contribution in [2.45, 2.75) is 33.4 Å². The van der Waals surface area contributed by atoms with Crippen molar-refractivity contribution < 1.29 is 9.84 Å². The molecule has 2 rings (SSSR count). The number of phenolic OH excluding ortho intramolecular Hbond substituents is 1. The third-order valence-corrected chi connectivity index (χ3v) is 3.57. The number of hydrogen-bond acceptors (Lipinski definition) is 3. The predicted octanol–water partition coefficient (Wildman–Crippen LogP) is 2.23. The van der Waals surface area contributed by atoms with Crippen LogP contribution in [0.25, 0.3) is 0 Å². The van der Waals surface area contributed by atoms with Crippen LogP contribution in [0.2, 0.25) is 0 Å². The van der Waals surface area contributed by atoms with Gasteiger partial charge in [-0.2, -0.15) is 0 Å². The second-order valence-corrected chi connectivity index (χ2v) is 4.96. The van der Waals surface area contributed by atoms with E-state index >= 15 is 0 Å². The van der Waals surface area contributed by atoms with E-state index in [1.54, 1.807) is 0 Å². The van der Waals surface area contributed by atoms with E-state index in [1.807, 2.05) is 13.0 Å². The molecule has 94 valence electrons. The number of aryl methyl sites for hydroxylation is 2. The molecule has 0 aliphatic carbocycles. The maximum atomic E-state index is 9.97. The van der Waals surface area contributed by atoms with Crippen molar-refractivity contribution in [3.63, 3.8) is 0 Å². The maximum absolute atomic E-state index is 9.97. The second kappa shape index (κ2) is 5.07. The molecule has 1 N–H and O–H groups in total. The summed E-state index contributed by atoms with van der Waals surface area (Å²) >= 11 is 0. The summed E-state index contributed by atoms with van der Waals surface area (Å²) in [6.07, 6.45) is 0. The summed E-state index contributed by atoms with van der Waals surface area (Å²) in [4.78, 5) is 2.35. The van der Waals surface area contributed by atoms with Crippen molar-refractivity contribution in [1.82, 2.24) is 4.90 Å². The van der Waals surface area contributed by atoms with Gasteiger partial charge in [-0.05, 0) is 38.0 Å². The molecule has 1 atom stereocenters. The molecule has 0 amide bonds. The van der Waals surface area contributed by atoms with Gasteiger partial charge in [-0.15, -0.1) is 0 Å². The minimum Gasteiger partial charge on any atom is -0.508 e. The molecule has 17 heavy (non-hydrogen) atoms. The summed E-state index contributed by atoms with van der Waals surface area (Å²) in [5.41, 5.74) is 3.39. The lowest BCUT2D eigenvalue weighted by Gasteiger charge is -2.33. The Morgan fingerprint density at radius 1 is 1.35 bits per heavy atom. The van der Waals surface area contributed by atoms with Crippen molar-refractivity contribution in [2.75, 3.05) is 19.8 Å². The summed E-state index contributed by atoms with van der Waals surface area (Å²) in [6.45, 7) is 9.58. The highest BCUT2D eigenvalue weighted by Gasteiger charge is 2.20. The lowest BCUT2D eigenvalue weighted by molar-refractivity contribution is -0.00464. The predicted molar refractivity (Wildman–Crippen MR) is 68.3 cm³/mol. The Hall–Kier alpha value is -1.06. The minimum absolute atomic E-state index is 0.409. The Bertz CT molecular complexity index is 403. The number of benzene rings is 1. The van der Waals surface area contributed by atoms with Crippen LogP contribution in [0.5, 0.6) is 5.75 Å². The molecule has 1 heterocycles. The molecular weight excluding hydrogens is 214 g/mol. The van der Waals surface area contributed by atoms with Crippen LogP contribution in [0.15, 0.2) is 12.1 Å². The van der Waals surface area contributed by atoms with Gasteiger partial charge in [0, 0.05) is 24.7 Å². The average molecular weight is 235 g/mol. The molecule has 1 aliphatic rings. The fourth-order valence-corrected chi connectivity index (χ4v) is 2.20. The summed E-state index contributed by atoms with van der Waals surface area (Å²) < 4.78 is 5.42. The third-order valence-electron chi connectivity index (χ3n) is 3.57. The molecule has 3 nitrogen and oxygen atoms in total. The number of nitrogens with zero attached hydrogens (tertiary/aromatic N) is 1. The molecule has 1 saturated heterocycles. The first-order chi connectivity index (χ1) is 8.08. The number of hydrogen-bond donors (Lipinski definition) is 1. The molecule has 1 fully saturated rings. The molecule has 1 unspecified atom stereocenters. The quantitative estimate of drug-likeness (QED) is 0.853. The van der Waals surface area contributed by atoms with E-state index in [4.69, 9.17) is 4.74 Å². The van der Waals surface area contributed by atoms with Crippen LogP contribution in [0.3, 0.4) is 0 Å². The van der Waals surface area contributed by atoms with Gasteiger partial charge in [0.2, 0.25) is 0 Å². The van der Waals surface area contributed by atoms with E-state index in [0.717, 1.165) is 37.4 Å². The van der Waals surface area contributed by atoms with Gasteiger partial charge in [0.15, 0.2) is 0 Å². The van der Waals surface area contributed by atoms with Crippen LogP contribution < -0.4 is 0 Å². The van der Waals surface area contributed by atoms with Crippen LogP contribution in [0.4, 0.5) is 0 Å². The van der Waals surface area contributed by atoms with Crippen LogP contribution in [-0.4, -0.2) is 35.8 Å². The first-order valence-corrected chi connectivity index (χ1v) is 6.19. The number of rotatable bonds is 2. The summed E-state index contributed by atoms with van der Waals surface area (Å²) in [7, 11) is 0. The SMILES string of the molecule is Cc1cc(O)c(CN2CCOCC2C)cc1C.